The first-order valence-electron chi connectivity index (χ1n) is 5.83. The largest absolute Gasteiger partial charge is 0.370 e. The molecule has 0 aliphatic rings. The summed E-state index contributed by atoms with van der Waals surface area (Å²) in [6, 6.07) is 1.96. The van der Waals surface area contributed by atoms with Gasteiger partial charge in [0.05, 0.1) is 11.9 Å². The van der Waals surface area contributed by atoms with E-state index in [1.54, 1.807) is 4.68 Å². The Hall–Kier alpha value is -1.91. The Morgan fingerprint density at radius 1 is 1.29 bits per heavy atom. The predicted octanol–water partition coefficient (Wildman–Crippen LogP) is 1.87. The first kappa shape index (κ1) is 11.6. The van der Waals surface area contributed by atoms with Gasteiger partial charge in [-0.3, -0.25) is 4.68 Å². The molecule has 0 saturated heterocycles. The van der Waals surface area contributed by atoms with Crippen LogP contribution in [0.25, 0.3) is 11.3 Å². The van der Waals surface area contributed by atoms with Crippen molar-refractivity contribution in [1.82, 2.24) is 19.7 Å². The van der Waals surface area contributed by atoms with Crippen LogP contribution >= 0.6 is 0 Å². The zero-order valence-electron chi connectivity index (χ0n) is 10.4. The summed E-state index contributed by atoms with van der Waals surface area (Å²) in [5.74, 6) is 1.72. The standard InChI is InChI=1S/C12H17N5/c1-4-11-15-10(6-12(16-11)13-5-2)9-7-14-17(3)8-9/h6-8H,4-5H2,1-3H3,(H,13,15,16). The fourth-order valence-electron chi connectivity index (χ4n) is 1.63. The van der Waals surface area contributed by atoms with Crippen molar-refractivity contribution in [2.45, 2.75) is 20.3 Å². The van der Waals surface area contributed by atoms with Gasteiger partial charge < -0.3 is 5.32 Å². The van der Waals surface area contributed by atoms with E-state index >= 15 is 0 Å². The fraction of sp³-hybridized carbons (Fsp3) is 0.417. The molecule has 0 aliphatic carbocycles. The molecule has 90 valence electrons. The maximum atomic E-state index is 4.51. The number of aryl methyl sites for hydroxylation is 2. The molecule has 0 spiro atoms. The number of nitrogens with zero attached hydrogens (tertiary/aromatic N) is 4. The molecule has 17 heavy (non-hydrogen) atoms. The molecule has 2 aromatic rings. The Morgan fingerprint density at radius 2 is 2.12 bits per heavy atom. The van der Waals surface area contributed by atoms with Crippen molar-refractivity contribution in [3.63, 3.8) is 0 Å². The summed E-state index contributed by atoms with van der Waals surface area (Å²) in [4.78, 5) is 8.94. The number of aromatic nitrogens is 4. The molecule has 0 aromatic carbocycles. The zero-order chi connectivity index (χ0) is 12.3. The van der Waals surface area contributed by atoms with Gasteiger partial charge in [-0.2, -0.15) is 5.10 Å². The third-order valence-corrected chi connectivity index (χ3v) is 2.45. The summed E-state index contributed by atoms with van der Waals surface area (Å²) < 4.78 is 1.77. The second kappa shape index (κ2) is 4.95. The van der Waals surface area contributed by atoms with E-state index in [9.17, 15) is 0 Å². The lowest BCUT2D eigenvalue weighted by Crippen LogP contribution is -2.03. The van der Waals surface area contributed by atoms with Gasteiger partial charge in [0, 0.05) is 37.8 Å². The van der Waals surface area contributed by atoms with Crippen molar-refractivity contribution in [1.29, 1.82) is 0 Å². The SMILES string of the molecule is CCNc1cc(-c2cnn(C)c2)nc(CC)n1. The highest BCUT2D eigenvalue weighted by atomic mass is 15.2. The minimum atomic E-state index is 0.826. The van der Waals surface area contributed by atoms with Crippen LogP contribution in [0, 0.1) is 0 Å². The molecule has 0 radical (unpaired) electrons. The summed E-state index contributed by atoms with van der Waals surface area (Å²) in [6.07, 6.45) is 4.60. The molecule has 0 amide bonds. The lowest BCUT2D eigenvalue weighted by molar-refractivity contribution is 0.768. The van der Waals surface area contributed by atoms with Crippen molar-refractivity contribution in [3.8, 4) is 11.3 Å². The highest BCUT2D eigenvalue weighted by molar-refractivity contribution is 5.60. The van der Waals surface area contributed by atoms with E-state index in [1.807, 2.05) is 25.5 Å². The Bertz CT molecular complexity index is 503. The maximum absolute atomic E-state index is 4.51. The van der Waals surface area contributed by atoms with Gasteiger partial charge in [-0.25, -0.2) is 9.97 Å². The third-order valence-electron chi connectivity index (χ3n) is 2.45. The second-order valence-electron chi connectivity index (χ2n) is 3.84. The van der Waals surface area contributed by atoms with Gasteiger partial charge >= 0.3 is 0 Å². The highest BCUT2D eigenvalue weighted by Gasteiger charge is 2.06. The number of anilines is 1. The molecule has 0 aliphatic heterocycles. The van der Waals surface area contributed by atoms with Crippen LogP contribution in [0.2, 0.25) is 0 Å². The smallest absolute Gasteiger partial charge is 0.131 e. The van der Waals surface area contributed by atoms with Crippen molar-refractivity contribution in [3.05, 3.63) is 24.3 Å². The molecule has 2 aromatic heterocycles. The molecule has 0 atom stereocenters. The lowest BCUT2D eigenvalue weighted by atomic mass is 10.2. The van der Waals surface area contributed by atoms with Crippen molar-refractivity contribution in [2.75, 3.05) is 11.9 Å². The van der Waals surface area contributed by atoms with E-state index in [-0.39, 0.29) is 0 Å². The van der Waals surface area contributed by atoms with Crippen LogP contribution in [0.4, 0.5) is 5.82 Å². The third kappa shape index (κ3) is 2.61. The van der Waals surface area contributed by atoms with Crippen LogP contribution in [-0.2, 0) is 13.5 Å². The number of rotatable bonds is 4. The van der Waals surface area contributed by atoms with Crippen LogP contribution in [0.15, 0.2) is 18.5 Å². The Labute approximate surface area is 101 Å². The van der Waals surface area contributed by atoms with E-state index < -0.39 is 0 Å². The predicted molar refractivity (Wildman–Crippen MR) is 67.8 cm³/mol. The van der Waals surface area contributed by atoms with Crippen LogP contribution in [0.5, 0.6) is 0 Å². The summed E-state index contributed by atoms with van der Waals surface area (Å²) >= 11 is 0. The van der Waals surface area contributed by atoms with E-state index in [4.69, 9.17) is 0 Å². The summed E-state index contributed by atoms with van der Waals surface area (Å²) in [5, 5.41) is 7.38. The quantitative estimate of drug-likeness (QED) is 0.872. The average Bonchev–Trinajstić information content (AvgIpc) is 2.76. The van der Waals surface area contributed by atoms with Gasteiger partial charge in [0.25, 0.3) is 0 Å². The minimum Gasteiger partial charge on any atom is -0.370 e. The van der Waals surface area contributed by atoms with Gasteiger partial charge in [-0.15, -0.1) is 0 Å². The molecule has 2 heterocycles. The zero-order valence-corrected chi connectivity index (χ0v) is 10.4. The van der Waals surface area contributed by atoms with Gasteiger partial charge in [-0.05, 0) is 6.92 Å². The van der Waals surface area contributed by atoms with Crippen LogP contribution in [0.1, 0.15) is 19.7 Å². The first-order valence-corrected chi connectivity index (χ1v) is 5.83. The molecule has 0 bridgehead atoms. The topological polar surface area (TPSA) is 55.6 Å². The monoisotopic (exact) mass is 231 g/mol. The molecule has 1 N–H and O–H groups in total. The summed E-state index contributed by atoms with van der Waals surface area (Å²) in [6.45, 7) is 4.96. The number of hydrogen-bond donors (Lipinski definition) is 1. The molecular formula is C12H17N5. The Kier molecular flexibility index (Phi) is 3.37. The maximum Gasteiger partial charge on any atom is 0.131 e. The van der Waals surface area contributed by atoms with Crippen LogP contribution in [0.3, 0.4) is 0 Å². The van der Waals surface area contributed by atoms with Crippen LogP contribution < -0.4 is 5.32 Å². The molecule has 0 fully saturated rings. The molecule has 5 heteroatoms. The average molecular weight is 231 g/mol. The Balaban J connectivity index is 2.42. The summed E-state index contributed by atoms with van der Waals surface area (Å²) in [5.41, 5.74) is 1.93. The second-order valence-corrected chi connectivity index (χ2v) is 3.84. The number of hydrogen-bond acceptors (Lipinski definition) is 4. The molecule has 0 unspecified atom stereocenters. The van der Waals surface area contributed by atoms with E-state index in [2.05, 4.69) is 34.2 Å². The van der Waals surface area contributed by atoms with Crippen molar-refractivity contribution < 1.29 is 0 Å². The van der Waals surface area contributed by atoms with Gasteiger partial charge in [0.15, 0.2) is 0 Å². The van der Waals surface area contributed by atoms with Crippen molar-refractivity contribution in [2.24, 2.45) is 7.05 Å². The van der Waals surface area contributed by atoms with E-state index in [1.165, 1.54) is 0 Å². The van der Waals surface area contributed by atoms with E-state index in [0.29, 0.717) is 0 Å². The van der Waals surface area contributed by atoms with Gasteiger partial charge in [0.2, 0.25) is 0 Å². The molecule has 0 saturated carbocycles. The van der Waals surface area contributed by atoms with Crippen molar-refractivity contribution >= 4 is 5.82 Å². The number of nitrogens with one attached hydrogen (secondary N) is 1. The molecule has 5 nitrogen and oxygen atoms in total. The fourth-order valence-corrected chi connectivity index (χ4v) is 1.63. The first-order chi connectivity index (χ1) is 8.22. The minimum absolute atomic E-state index is 0.826. The van der Waals surface area contributed by atoms with Gasteiger partial charge in [0.1, 0.15) is 11.6 Å². The summed E-state index contributed by atoms with van der Waals surface area (Å²) in [7, 11) is 1.90. The Morgan fingerprint density at radius 3 is 2.71 bits per heavy atom. The molecular weight excluding hydrogens is 214 g/mol. The van der Waals surface area contributed by atoms with E-state index in [0.717, 1.165) is 35.9 Å². The van der Waals surface area contributed by atoms with Crippen LogP contribution in [-0.4, -0.2) is 26.3 Å². The normalized spacial score (nSPS) is 10.5. The lowest BCUT2D eigenvalue weighted by Gasteiger charge is -2.06. The van der Waals surface area contributed by atoms with Gasteiger partial charge in [-0.1, -0.05) is 6.92 Å². The molecule has 2 rings (SSSR count). The highest BCUT2D eigenvalue weighted by Crippen LogP contribution is 2.19.